The Morgan fingerprint density at radius 1 is 1.00 bits per heavy atom. The van der Waals surface area contributed by atoms with Crippen molar-refractivity contribution in [1.29, 1.82) is 0 Å². The molecule has 4 rings (SSSR count). The van der Waals surface area contributed by atoms with Crippen molar-refractivity contribution in [2.45, 2.75) is 6.54 Å². The fraction of sp³-hybridized carbons (Fsp3) is 0.294. The summed E-state index contributed by atoms with van der Waals surface area (Å²) in [6, 6.07) is 7.68. The molecule has 124 valence electrons. The van der Waals surface area contributed by atoms with Gasteiger partial charge in [-0.2, -0.15) is 0 Å². The minimum absolute atomic E-state index is 0.482. The first-order chi connectivity index (χ1) is 11.7. The quantitative estimate of drug-likeness (QED) is 0.739. The van der Waals surface area contributed by atoms with Crippen molar-refractivity contribution in [3.63, 3.8) is 0 Å². The van der Waals surface area contributed by atoms with Crippen LogP contribution in [0.25, 0.3) is 5.65 Å². The lowest BCUT2D eigenvalue weighted by Crippen LogP contribution is -2.46. The summed E-state index contributed by atoms with van der Waals surface area (Å²) >= 11 is 0. The predicted molar refractivity (Wildman–Crippen MR) is 86.8 cm³/mol. The molecule has 0 amide bonds. The second-order valence-electron chi connectivity index (χ2n) is 5.92. The summed E-state index contributed by atoms with van der Waals surface area (Å²) in [6.07, 6.45) is 3.55. The molecule has 0 radical (unpaired) electrons. The Hall–Kier alpha value is -2.54. The van der Waals surface area contributed by atoms with Gasteiger partial charge in [-0.3, -0.25) is 4.90 Å². The highest BCUT2D eigenvalue weighted by Crippen LogP contribution is 2.17. The Kier molecular flexibility index (Phi) is 3.86. The van der Waals surface area contributed by atoms with E-state index in [0.29, 0.717) is 12.1 Å². The number of nitrogens with zero attached hydrogens (tertiary/aromatic N) is 5. The summed E-state index contributed by atoms with van der Waals surface area (Å²) in [7, 11) is 0. The number of halogens is 2. The summed E-state index contributed by atoms with van der Waals surface area (Å²) in [4.78, 5) is 8.56. The van der Waals surface area contributed by atoms with E-state index < -0.39 is 11.6 Å². The van der Waals surface area contributed by atoms with Crippen LogP contribution in [-0.2, 0) is 6.54 Å². The van der Waals surface area contributed by atoms with Crippen molar-refractivity contribution < 1.29 is 8.78 Å². The predicted octanol–water partition coefficient (Wildman–Crippen LogP) is 2.33. The summed E-state index contributed by atoms with van der Waals surface area (Å²) in [5.74, 6) is -0.111. The van der Waals surface area contributed by atoms with Crippen LogP contribution in [0.5, 0.6) is 0 Å². The highest BCUT2D eigenvalue weighted by atomic mass is 19.1. The molecule has 0 bridgehead atoms. The standard InChI is InChI=1S/C17H17F2N5/c18-14-2-1-13(15(19)11-14)12-22-7-9-23(10-8-22)17-4-3-16-20-5-6-24(16)21-17/h1-6,11H,7-10,12H2. The van der Waals surface area contributed by atoms with E-state index >= 15 is 0 Å². The largest absolute Gasteiger partial charge is 0.353 e. The van der Waals surface area contributed by atoms with E-state index in [0.717, 1.165) is 43.7 Å². The van der Waals surface area contributed by atoms with Gasteiger partial charge in [0.05, 0.1) is 0 Å². The van der Waals surface area contributed by atoms with Crippen LogP contribution in [0, 0.1) is 11.6 Å². The first-order valence-electron chi connectivity index (χ1n) is 7.91. The summed E-state index contributed by atoms with van der Waals surface area (Å²) < 4.78 is 28.5. The Labute approximate surface area is 138 Å². The molecule has 1 fully saturated rings. The molecular formula is C17H17F2N5. The van der Waals surface area contributed by atoms with Gasteiger partial charge in [0.1, 0.15) is 17.5 Å². The van der Waals surface area contributed by atoms with Crippen molar-refractivity contribution in [3.05, 3.63) is 59.9 Å². The van der Waals surface area contributed by atoms with Gasteiger partial charge in [0.25, 0.3) is 0 Å². The molecule has 3 aromatic rings. The molecule has 5 nitrogen and oxygen atoms in total. The van der Waals surface area contributed by atoms with Gasteiger partial charge in [-0.15, -0.1) is 5.10 Å². The van der Waals surface area contributed by atoms with Gasteiger partial charge < -0.3 is 4.90 Å². The SMILES string of the molecule is Fc1ccc(CN2CCN(c3ccc4nccn4n3)CC2)c(F)c1. The smallest absolute Gasteiger partial charge is 0.153 e. The molecule has 0 unspecified atom stereocenters. The molecule has 0 N–H and O–H groups in total. The lowest BCUT2D eigenvalue weighted by Gasteiger charge is -2.35. The monoisotopic (exact) mass is 329 g/mol. The van der Waals surface area contributed by atoms with E-state index in [4.69, 9.17) is 0 Å². The topological polar surface area (TPSA) is 36.7 Å². The normalized spacial score (nSPS) is 16.0. The summed E-state index contributed by atoms with van der Waals surface area (Å²) in [5.41, 5.74) is 1.35. The number of imidazole rings is 1. The molecule has 0 atom stereocenters. The first kappa shape index (κ1) is 15.0. The van der Waals surface area contributed by atoms with E-state index in [1.165, 1.54) is 12.1 Å². The molecule has 1 aliphatic heterocycles. The van der Waals surface area contributed by atoms with Crippen molar-refractivity contribution in [1.82, 2.24) is 19.5 Å². The van der Waals surface area contributed by atoms with Crippen LogP contribution in [-0.4, -0.2) is 45.7 Å². The van der Waals surface area contributed by atoms with Gasteiger partial charge >= 0.3 is 0 Å². The fourth-order valence-corrected chi connectivity index (χ4v) is 3.00. The van der Waals surface area contributed by atoms with E-state index in [1.807, 2.05) is 18.3 Å². The minimum atomic E-state index is -0.540. The van der Waals surface area contributed by atoms with E-state index in [1.54, 1.807) is 10.7 Å². The first-order valence-corrected chi connectivity index (χ1v) is 7.91. The van der Waals surface area contributed by atoms with Crippen molar-refractivity contribution >= 4 is 11.5 Å². The zero-order valence-electron chi connectivity index (χ0n) is 13.1. The number of benzene rings is 1. The highest BCUT2D eigenvalue weighted by molar-refractivity contribution is 5.46. The maximum atomic E-state index is 13.8. The van der Waals surface area contributed by atoms with Gasteiger partial charge in [-0.05, 0) is 18.2 Å². The molecular weight excluding hydrogens is 312 g/mol. The Bertz CT molecular complexity index is 855. The van der Waals surface area contributed by atoms with E-state index in [9.17, 15) is 8.78 Å². The minimum Gasteiger partial charge on any atom is -0.353 e. The van der Waals surface area contributed by atoms with Crippen LogP contribution in [0.1, 0.15) is 5.56 Å². The maximum absolute atomic E-state index is 13.8. The fourth-order valence-electron chi connectivity index (χ4n) is 3.00. The molecule has 0 spiro atoms. The average Bonchev–Trinajstić information content (AvgIpc) is 3.06. The number of piperazine rings is 1. The molecule has 3 heterocycles. The number of fused-ring (bicyclic) bond motifs is 1. The van der Waals surface area contributed by atoms with Crippen LogP contribution < -0.4 is 4.90 Å². The Morgan fingerprint density at radius 3 is 2.62 bits per heavy atom. The molecule has 0 aliphatic carbocycles. The van der Waals surface area contributed by atoms with Crippen LogP contribution >= 0.6 is 0 Å². The van der Waals surface area contributed by atoms with E-state index in [2.05, 4.69) is 19.9 Å². The average molecular weight is 329 g/mol. The highest BCUT2D eigenvalue weighted by Gasteiger charge is 2.19. The second-order valence-corrected chi connectivity index (χ2v) is 5.92. The van der Waals surface area contributed by atoms with Gasteiger partial charge in [0, 0.05) is 56.7 Å². The number of hydrogen-bond donors (Lipinski definition) is 0. The molecule has 0 saturated carbocycles. The number of aromatic nitrogens is 3. The third kappa shape index (κ3) is 2.94. The molecule has 24 heavy (non-hydrogen) atoms. The zero-order chi connectivity index (χ0) is 16.5. The molecule has 1 aromatic carbocycles. The molecule has 2 aromatic heterocycles. The maximum Gasteiger partial charge on any atom is 0.153 e. The third-order valence-corrected chi connectivity index (χ3v) is 4.35. The lowest BCUT2D eigenvalue weighted by molar-refractivity contribution is 0.245. The number of hydrogen-bond acceptors (Lipinski definition) is 4. The summed E-state index contributed by atoms with van der Waals surface area (Å²) in [6.45, 7) is 3.74. The zero-order valence-corrected chi connectivity index (χ0v) is 13.1. The van der Waals surface area contributed by atoms with Gasteiger partial charge in [0.15, 0.2) is 5.65 Å². The van der Waals surface area contributed by atoms with Crippen LogP contribution in [0.2, 0.25) is 0 Å². The van der Waals surface area contributed by atoms with Crippen molar-refractivity contribution in [2.75, 3.05) is 31.1 Å². The molecule has 1 aliphatic rings. The van der Waals surface area contributed by atoms with Gasteiger partial charge in [0.2, 0.25) is 0 Å². The van der Waals surface area contributed by atoms with Crippen LogP contribution in [0.15, 0.2) is 42.7 Å². The molecule has 7 heteroatoms. The van der Waals surface area contributed by atoms with E-state index in [-0.39, 0.29) is 0 Å². The van der Waals surface area contributed by atoms with Gasteiger partial charge in [-0.25, -0.2) is 18.3 Å². The van der Waals surface area contributed by atoms with Crippen molar-refractivity contribution in [3.8, 4) is 0 Å². The van der Waals surface area contributed by atoms with Crippen LogP contribution in [0.4, 0.5) is 14.6 Å². The lowest BCUT2D eigenvalue weighted by atomic mass is 10.2. The van der Waals surface area contributed by atoms with Crippen LogP contribution in [0.3, 0.4) is 0 Å². The summed E-state index contributed by atoms with van der Waals surface area (Å²) in [5, 5.41) is 4.55. The van der Waals surface area contributed by atoms with Crippen molar-refractivity contribution in [2.24, 2.45) is 0 Å². The third-order valence-electron chi connectivity index (χ3n) is 4.35. The van der Waals surface area contributed by atoms with Gasteiger partial charge in [-0.1, -0.05) is 6.07 Å². The Morgan fingerprint density at radius 2 is 1.83 bits per heavy atom. The Balaban J connectivity index is 1.41. The number of anilines is 1. The second kappa shape index (κ2) is 6.16. The number of rotatable bonds is 3. The molecule has 1 saturated heterocycles.